The van der Waals surface area contributed by atoms with Crippen LogP contribution in [-0.4, -0.2) is 39.4 Å². The average molecular weight is 359 g/mol. The molecule has 2 rings (SSSR count). The standard InChI is InChI=1S/C17H26N2O4.ClH/c1-21-8-9-23-16-11-13(6-7-15(16)22-2)19-17(20)10-12-4-3-5-14(12)18;/h6-7,11-12,14H,3-5,8-10,18H2,1-2H3,(H,19,20);1H/t12-,14+;/m0./s1. The maximum Gasteiger partial charge on any atom is 0.224 e. The van der Waals surface area contributed by atoms with E-state index in [1.165, 1.54) is 0 Å². The van der Waals surface area contributed by atoms with Crippen molar-refractivity contribution in [1.82, 2.24) is 0 Å². The normalized spacial score (nSPS) is 19.5. The van der Waals surface area contributed by atoms with Gasteiger partial charge in [-0.2, -0.15) is 0 Å². The molecule has 1 aromatic rings. The molecule has 0 unspecified atom stereocenters. The van der Waals surface area contributed by atoms with Crippen molar-refractivity contribution in [1.29, 1.82) is 0 Å². The maximum absolute atomic E-state index is 12.2. The SMILES string of the molecule is COCCOc1cc(NC(=O)C[C@@H]2CCC[C@H]2N)ccc1OC.Cl. The largest absolute Gasteiger partial charge is 0.493 e. The van der Waals surface area contributed by atoms with Gasteiger partial charge < -0.3 is 25.3 Å². The molecule has 7 heteroatoms. The summed E-state index contributed by atoms with van der Waals surface area (Å²) in [6.45, 7) is 0.903. The van der Waals surface area contributed by atoms with E-state index in [-0.39, 0.29) is 30.3 Å². The van der Waals surface area contributed by atoms with Gasteiger partial charge in [0, 0.05) is 31.3 Å². The number of anilines is 1. The molecule has 6 nitrogen and oxygen atoms in total. The van der Waals surface area contributed by atoms with E-state index < -0.39 is 0 Å². The molecule has 1 fully saturated rings. The summed E-state index contributed by atoms with van der Waals surface area (Å²) in [6.07, 6.45) is 3.62. The third-order valence-electron chi connectivity index (χ3n) is 4.16. The molecule has 0 radical (unpaired) electrons. The number of rotatable bonds is 8. The van der Waals surface area contributed by atoms with E-state index in [0.717, 1.165) is 19.3 Å². The summed E-state index contributed by atoms with van der Waals surface area (Å²) in [5, 5.41) is 2.91. The predicted molar refractivity (Wildman–Crippen MR) is 96.2 cm³/mol. The Morgan fingerprint density at radius 1 is 1.25 bits per heavy atom. The molecular formula is C17H27ClN2O4. The summed E-state index contributed by atoms with van der Waals surface area (Å²) < 4.78 is 15.9. The Labute approximate surface area is 149 Å². The first kappa shape index (κ1) is 20.5. The molecule has 0 saturated heterocycles. The van der Waals surface area contributed by atoms with Crippen LogP contribution >= 0.6 is 12.4 Å². The molecule has 2 atom stereocenters. The lowest BCUT2D eigenvalue weighted by molar-refractivity contribution is -0.117. The van der Waals surface area contributed by atoms with Gasteiger partial charge in [0.05, 0.1) is 13.7 Å². The lowest BCUT2D eigenvalue weighted by Crippen LogP contribution is -2.28. The van der Waals surface area contributed by atoms with Crippen molar-refractivity contribution in [2.24, 2.45) is 11.7 Å². The van der Waals surface area contributed by atoms with Gasteiger partial charge in [0.2, 0.25) is 5.91 Å². The maximum atomic E-state index is 12.2. The summed E-state index contributed by atoms with van der Waals surface area (Å²) in [4.78, 5) is 12.2. The second-order valence-electron chi connectivity index (χ2n) is 5.81. The fourth-order valence-corrected chi connectivity index (χ4v) is 2.87. The number of benzene rings is 1. The summed E-state index contributed by atoms with van der Waals surface area (Å²) in [5.41, 5.74) is 6.71. The lowest BCUT2D eigenvalue weighted by atomic mass is 10.00. The van der Waals surface area contributed by atoms with Crippen LogP contribution in [0, 0.1) is 5.92 Å². The number of nitrogens with two attached hydrogens (primary N) is 1. The number of ether oxygens (including phenoxy) is 3. The highest BCUT2D eigenvalue weighted by atomic mass is 35.5. The van der Waals surface area contributed by atoms with Crippen LogP contribution in [0.1, 0.15) is 25.7 Å². The Morgan fingerprint density at radius 2 is 2.04 bits per heavy atom. The van der Waals surface area contributed by atoms with Crippen LogP contribution in [0.3, 0.4) is 0 Å². The molecule has 0 aliphatic heterocycles. The topological polar surface area (TPSA) is 82.8 Å². The Hall–Kier alpha value is -1.50. The van der Waals surface area contributed by atoms with Gasteiger partial charge in [0.15, 0.2) is 11.5 Å². The monoisotopic (exact) mass is 358 g/mol. The summed E-state index contributed by atoms with van der Waals surface area (Å²) >= 11 is 0. The van der Waals surface area contributed by atoms with Crippen LogP contribution in [0.2, 0.25) is 0 Å². The molecule has 0 spiro atoms. The van der Waals surface area contributed by atoms with Gasteiger partial charge in [-0.15, -0.1) is 12.4 Å². The highest BCUT2D eigenvalue weighted by Crippen LogP contribution is 2.31. The van der Waals surface area contributed by atoms with Crippen molar-refractivity contribution in [3.05, 3.63) is 18.2 Å². The number of carbonyl (C=O) groups is 1. The number of hydrogen-bond acceptors (Lipinski definition) is 5. The van der Waals surface area contributed by atoms with Gasteiger partial charge in [0.25, 0.3) is 0 Å². The highest BCUT2D eigenvalue weighted by Gasteiger charge is 2.26. The van der Waals surface area contributed by atoms with Gasteiger partial charge in [-0.25, -0.2) is 0 Å². The van der Waals surface area contributed by atoms with Crippen molar-refractivity contribution in [2.75, 3.05) is 32.8 Å². The van der Waals surface area contributed by atoms with E-state index in [1.54, 1.807) is 32.4 Å². The van der Waals surface area contributed by atoms with E-state index in [0.29, 0.717) is 36.8 Å². The van der Waals surface area contributed by atoms with E-state index in [9.17, 15) is 4.79 Å². The molecule has 1 saturated carbocycles. The van der Waals surface area contributed by atoms with Crippen molar-refractivity contribution in [3.8, 4) is 11.5 Å². The first-order valence-corrected chi connectivity index (χ1v) is 7.99. The van der Waals surface area contributed by atoms with Gasteiger partial charge >= 0.3 is 0 Å². The first-order chi connectivity index (χ1) is 11.1. The average Bonchev–Trinajstić information content (AvgIpc) is 2.93. The molecule has 0 aromatic heterocycles. The first-order valence-electron chi connectivity index (χ1n) is 7.99. The van der Waals surface area contributed by atoms with Crippen LogP contribution in [0.25, 0.3) is 0 Å². The van der Waals surface area contributed by atoms with Crippen LogP contribution in [-0.2, 0) is 9.53 Å². The number of carbonyl (C=O) groups excluding carboxylic acids is 1. The molecular weight excluding hydrogens is 332 g/mol. The van der Waals surface area contributed by atoms with Crippen molar-refractivity contribution < 1.29 is 19.0 Å². The second kappa shape index (κ2) is 10.4. The van der Waals surface area contributed by atoms with Gasteiger partial charge in [-0.05, 0) is 30.9 Å². The Bertz CT molecular complexity index is 527. The van der Waals surface area contributed by atoms with Crippen LogP contribution < -0.4 is 20.5 Å². The van der Waals surface area contributed by atoms with Crippen LogP contribution in [0.4, 0.5) is 5.69 Å². The minimum Gasteiger partial charge on any atom is -0.493 e. The molecule has 1 aliphatic rings. The van der Waals surface area contributed by atoms with E-state index >= 15 is 0 Å². The fraction of sp³-hybridized carbons (Fsp3) is 0.588. The minimum atomic E-state index is -0.0136. The van der Waals surface area contributed by atoms with E-state index in [1.807, 2.05) is 0 Å². The van der Waals surface area contributed by atoms with Crippen molar-refractivity contribution >= 4 is 24.0 Å². The lowest BCUT2D eigenvalue weighted by Gasteiger charge is -2.16. The number of nitrogens with one attached hydrogen (secondary N) is 1. The van der Waals surface area contributed by atoms with E-state index in [2.05, 4.69) is 5.32 Å². The highest BCUT2D eigenvalue weighted by molar-refractivity contribution is 5.91. The molecule has 0 bridgehead atoms. The number of methoxy groups -OCH3 is 2. The van der Waals surface area contributed by atoms with Gasteiger partial charge in [0.1, 0.15) is 6.61 Å². The molecule has 136 valence electrons. The molecule has 24 heavy (non-hydrogen) atoms. The fourth-order valence-electron chi connectivity index (χ4n) is 2.87. The Kier molecular flexibility index (Phi) is 8.89. The van der Waals surface area contributed by atoms with E-state index in [4.69, 9.17) is 19.9 Å². The quantitative estimate of drug-likeness (QED) is 0.698. The summed E-state index contributed by atoms with van der Waals surface area (Å²) in [7, 11) is 3.20. The number of amides is 1. The second-order valence-corrected chi connectivity index (χ2v) is 5.81. The Morgan fingerprint density at radius 3 is 2.67 bits per heavy atom. The molecule has 3 N–H and O–H groups in total. The summed E-state index contributed by atoms with van der Waals surface area (Å²) in [5.74, 6) is 1.47. The predicted octanol–water partition coefficient (Wildman–Crippen LogP) is 2.60. The van der Waals surface area contributed by atoms with Gasteiger partial charge in [-0.1, -0.05) is 6.42 Å². The molecule has 0 heterocycles. The Balaban J connectivity index is 0.00000288. The summed E-state index contributed by atoms with van der Waals surface area (Å²) in [6, 6.07) is 5.48. The number of hydrogen-bond donors (Lipinski definition) is 2. The smallest absolute Gasteiger partial charge is 0.224 e. The third-order valence-corrected chi connectivity index (χ3v) is 4.16. The minimum absolute atomic E-state index is 0. The van der Waals surface area contributed by atoms with Gasteiger partial charge in [-0.3, -0.25) is 4.79 Å². The number of halogens is 1. The van der Waals surface area contributed by atoms with Crippen molar-refractivity contribution in [3.63, 3.8) is 0 Å². The molecule has 1 aliphatic carbocycles. The molecule has 1 amide bonds. The molecule has 1 aromatic carbocycles. The zero-order valence-electron chi connectivity index (χ0n) is 14.2. The third kappa shape index (κ3) is 5.85. The van der Waals surface area contributed by atoms with Crippen molar-refractivity contribution in [2.45, 2.75) is 31.7 Å². The zero-order chi connectivity index (χ0) is 16.7. The zero-order valence-corrected chi connectivity index (χ0v) is 15.1. The van der Waals surface area contributed by atoms with Crippen LogP contribution in [0.15, 0.2) is 18.2 Å². The van der Waals surface area contributed by atoms with Crippen LogP contribution in [0.5, 0.6) is 11.5 Å².